The summed E-state index contributed by atoms with van der Waals surface area (Å²) in [6.45, 7) is 1.67. The molecule has 2 N–H and O–H groups in total. The molecule has 2 fully saturated rings. The van der Waals surface area contributed by atoms with Gasteiger partial charge in [0.25, 0.3) is 10.2 Å². The fourth-order valence-corrected chi connectivity index (χ4v) is 3.71. The largest absolute Gasteiger partial charge is 0.481 e. The van der Waals surface area contributed by atoms with Crippen molar-refractivity contribution in [3.05, 3.63) is 0 Å². The number of aliphatic carboxylic acids is 1. The van der Waals surface area contributed by atoms with Crippen LogP contribution in [-0.4, -0.2) is 68.0 Å². The minimum Gasteiger partial charge on any atom is -0.481 e. The molecule has 0 aromatic heterocycles. The van der Waals surface area contributed by atoms with Gasteiger partial charge in [0, 0.05) is 32.2 Å². The van der Waals surface area contributed by atoms with E-state index in [9.17, 15) is 13.2 Å². The fourth-order valence-electron chi connectivity index (χ4n) is 2.48. The maximum Gasteiger partial charge on any atom is 0.306 e. The first-order chi connectivity index (χ1) is 9.40. The second-order valence-electron chi connectivity index (χ2n) is 5.62. The average molecular weight is 305 g/mol. The topological polar surface area (TPSA) is 90.0 Å². The van der Waals surface area contributed by atoms with Gasteiger partial charge in [0.1, 0.15) is 0 Å². The number of carboxylic acid groups (broad SMARTS) is 1. The summed E-state index contributed by atoms with van der Waals surface area (Å²) < 4.78 is 28.1. The van der Waals surface area contributed by atoms with E-state index in [0.29, 0.717) is 32.0 Å². The summed E-state index contributed by atoms with van der Waals surface area (Å²) in [5, 5.41) is 8.90. The number of hydrogen-bond donors (Lipinski definition) is 2. The first kappa shape index (κ1) is 15.7. The molecule has 0 aromatic carbocycles. The summed E-state index contributed by atoms with van der Waals surface area (Å²) >= 11 is 0. The Morgan fingerprint density at radius 2 is 1.90 bits per heavy atom. The SMILES string of the molecule is CN(CCNS(=O)(=O)N1CCC(C(=O)O)CC1)C1CC1. The van der Waals surface area contributed by atoms with Crippen LogP contribution in [0.2, 0.25) is 0 Å². The maximum atomic E-state index is 12.1. The van der Waals surface area contributed by atoms with Gasteiger partial charge >= 0.3 is 5.97 Å². The number of likely N-dealkylation sites (N-methyl/N-ethyl adjacent to an activating group) is 1. The van der Waals surface area contributed by atoms with Crippen LogP contribution in [0, 0.1) is 5.92 Å². The van der Waals surface area contributed by atoms with E-state index in [1.165, 1.54) is 17.1 Å². The van der Waals surface area contributed by atoms with Gasteiger partial charge in [0.15, 0.2) is 0 Å². The third-order valence-electron chi connectivity index (χ3n) is 4.06. The highest BCUT2D eigenvalue weighted by atomic mass is 32.2. The van der Waals surface area contributed by atoms with Crippen molar-refractivity contribution in [2.24, 2.45) is 5.92 Å². The summed E-state index contributed by atoms with van der Waals surface area (Å²) in [4.78, 5) is 13.0. The molecule has 1 aliphatic heterocycles. The zero-order valence-electron chi connectivity index (χ0n) is 11.8. The van der Waals surface area contributed by atoms with E-state index in [1.54, 1.807) is 0 Å². The van der Waals surface area contributed by atoms with E-state index in [2.05, 4.69) is 9.62 Å². The molecule has 0 bridgehead atoms. The van der Waals surface area contributed by atoms with Crippen LogP contribution < -0.4 is 4.72 Å². The van der Waals surface area contributed by atoms with Gasteiger partial charge in [0.2, 0.25) is 0 Å². The van der Waals surface area contributed by atoms with Crippen LogP contribution in [0.3, 0.4) is 0 Å². The highest BCUT2D eigenvalue weighted by Crippen LogP contribution is 2.24. The van der Waals surface area contributed by atoms with Crippen LogP contribution in [0.1, 0.15) is 25.7 Å². The molecule has 0 amide bonds. The quantitative estimate of drug-likeness (QED) is 0.675. The van der Waals surface area contributed by atoms with Gasteiger partial charge in [-0.2, -0.15) is 12.7 Å². The van der Waals surface area contributed by atoms with Gasteiger partial charge in [-0.1, -0.05) is 0 Å². The molecular weight excluding hydrogens is 282 g/mol. The standard InChI is InChI=1S/C12H23N3O4S/c1-14(11-2-3-11)9-6-13-20(18,19)15-7-4-10(5-8-15)12(16)17/h10-11,13H,2-9H2,1H3,(H,16,17). The van der Waals surface area contributed by atoms with Gasteiger partial charge in [0.05, 0.1) is 5.92 Å². The molecule has 2 rings (SSSR count). The zero-order valence-corrected chi connectivity index (χ0v) is 12.6. The lowest BCUT2D eigenvalue weighted by molar-refractivity contribution is -0.142. The predicted molar refractivity (Wildman–Crippen MR) is 74.5 cm³/mol. The monoisotopic (exact) mass is 305 g/mol. The number of nitrogens with one attached hydrogen (secondary N) is 1. The maximum absolute atomic E-state index is 12.1. The summed E-state index contributed by atoms with van der Waals surface area (Å²) in [6, 6.07) is 0.616. The number of rotatable bonds is 7. The van der Waals surface area contributed by atoms with E-state index in [1.807, 2.05) is 7.05 Å². The number of carbonyl (C=O) groups is 1. The van der Waals surface area contributed by atoms with Crippen LogP contribution in [0.4, 0.5) is 0 Å². The van der Waals surface area contributed by atoms with E-state index in [4.69, 9.17) is 5.11 Å². The molecule has 0 spiro atoms. The number of carboxylic acids is 1. The third kappa shape index (κ3) is 4.15. The van der Waals surface area contributed by atoms with Crippen molar-refractivity contribution in [3.8, 4) is 0 Å². The minimum atomic E-state index is -3.47. The Hall–Kier alpha value is -0.700. The first-order valence-electron chi connectivity index (χ1n) is 7.08. The molecule has 1 heterocycles. The summed E-state index contributed by atoms with van der Waals surface area (Å²) in [6.07, 6.45) is 3.17. The van der Waals surface area contributed by atoms with E-state index in [-0.39, 0.29) is 13.1 Å². The minimum absolute atomic E-state index is 0.283. The summed E-state index contributed by atoms with van der Waals surface area (Å²) in [5.41, 5.74) is 0. The zero-order chi connectivity index (χ0) is 14.8. The van der Waals surface area contributed by atoms with E-state index < -0.39 is 22.1 Å². The second-order valence-corrected chi connectivity index (χ2v) is 7.38. The Morgan fingerprint density at radius 3 is 2.40 bits per heavy atom. The highest BCUT2D eigenvalue weighted by molar-refractivity contribution is 7.87. The van der Waals surface area contributed by atoms with Gasteiger partial charge < -0.3 is 10.0 Å². The molecule has 116 valence electrons. The molecule has 0 atom stereocenters. The van der Waals surface area contributed by atoms with Crippen molar-refractivity contribution in [1.82, 2.24) is 13.9 Å². The lowest BCUT2D eigenvalue weighted by Crippen LogP contribution is -2.47. The van der Waals surface area contributed by atoms with Gasteiger partial charge in [-0.15, -0.1) is 0 Å². The van der Waals surface area contributed by atoms with Crippen LogP contribution in [0.15, 0.2) is 0 Å². The predicted octanol–water partition coefficient (Wildman–Crippen LogP) is -0.288. The van der Waals surface area contributed by atoms with Crippen molar-refractivity contribution in [2.45, 2.75) is 31.7 Å². The third-order valence-corrected chi connectivity index (χ3v) is 5.68. The highest BCUT2D eigenvalue weighted by Gasteiger charge is 2.31. The first-order valence-corrected chi connectivity index (χ1v) is 8.52. The molecule has 0 radical (unpaired) electrons. The molecule has 1 saturated heterocycles. The van der Waals surface area contributed by atoms with E-state index >= 15 is 0 Å². The van der Waals surface area contributed by atoms with Gasteiger partial charge in [-0.05, 0) is 32.7 Å². The fraction of sp³-hybridized carbons (Fsp3) is 0.917. The normalized spacial score (nSPS) is 22.3. The van der Waals surface area contributed by atoms with Crippen molar-refractivity contribution >= 4 is 16.2 Å². The van der Waals surface area contributed by atoms with Crippen molar-refractivity contribution < 1.29 is 18.3 Å². The Bertz CT molecular complexity index is 442. The van der Waals surface area contributed by atoms with E-state index in [0.717, 1.165) is 0 Å². The van der Waals surface area contributed by atoms with Crippen molar-refractivity contribution in [2.75, 3.05) is 33.2 Å². The molecule has 0 aromatic rings. The summed E-state index contributed by atoms with van der Waals surface area (Å²) in [7, 11) is -1.47. The Balaban J connectivity index is 1.74. The van der Waals surface area contributed by atoms with Crippen LogP contribution >= 0.6 is 0 Å². The molecule has 1 saturated carbocycles. The Labute approximate surface area is 120 Å². The van der Waals surface area contributed by atoms with Crippen molar-refractivity contribution in [3.63, 3.8) is 0 Å². The molecule has 7 nitrogen and oxygen atoms in total. The van der Waals surface area contributed by atoms with Crippen LogP contribution in [0.25, 0.3) is 0 Å². The molecule has 2 aliphatic rings. The second kappa shape index (κ2) is 6.38. The average Bonchev–Trinajstić information content (AvgIpc) is 3.22. The van der Waals surface area contributed by atoms with Gasteiger partial charge in [-0.25, -0.2) is 4.72 Å². The Morgan fingerprint density at radius 1 is 1.30 bits per heavy atom. The van der Waals surface area contributed by atoms with Crippen molar-refractivity contribution in [1.29, 1.82) is 0 Å². The number of hydrogen-bond acceptors (Lipinski definition) is 4. The lowest BCUT2D eigenvalue weighted by atomic mass is 9.99. The Kier molecular flexibility index (Phi) is 5.00. The smallest absolute Gasteiger partial charge is 0.306 e. The molecule has 1 aliphatic carbocycles. The van der Waals surface area contributed by atoms with Crippen LogP contribution in [0.5, 0.6) is 0 Å². The summed E-state index contributed by atoms with van der Waals surface area (Å²) in [5.74, 6) is -1.25. The molecule has 0 unspecified atom stereocenters. The van der Waals surface area contributed by atoms with Gasteiger partial charge in [-0.3, -0.25) is 4.79 Å². The molecule has 8 heteroatoms. The number of nitrogens with zero attached hydrogens (tertiary/aromatic N) is 2. The molecular formula is C12H23N3O4S. The lowest BCUT2D eigenvalue weighted by Gasteiger charge is -2.29. The molecule has 20 heavy (non-hydrogen) atoms. The van der Waals surface area contributed by atoms with Crippen LogP contribution in [-0.2, 0) is 15.0 Å². The number of piperidine rings is 1.